The highest BCUT2D eigenvalue weighted by Gasteiger charge is 2.06. The van der Waals surface area contributed by atoms with Crippen LogP contribution >= 0.6 is 23.2 Å². The summed E-state index contributed by atoms with van der Waals surface area (Å²) >= 11 is 11.8. The first-order valence-electron chi connectivity index (χ1n) is 5.89. The molecular formula is C14H12Cl2N2O2. The fourth-order valence-corrected chi connectivity index (χ4v) is 1.81. The SMILES string of the molecule is O=C(COc1cc(Cl)ccc1Cl)NCc1ccccn1. The van der Waals surface area contributed by atoms with E-state index in [4.69, 9.17) is 27.9 Å². The average molecular weight is 311 g/mol. The van der Waals surface area contributed by atoms with E-state index in [2.05, 4.69) is 10.3 Å². The van der Waals surface area contributed by atoms with Gasteiger partial charge in [-0.3, -0.25) is 9.78 Å². The normalized spacial score (nSPS) is 10.1. The van der Waals surface area contributed by atoms with E-state index >= 15 is 0 Å². The Balaban J connectivity index is 1.82. The number of hydrogen-bond donors (Lipinski definition) is 1. The van der Waals surface area contributed by atoms with Crippen LogP contribution in [-0.2, 0) is 11.3 Å². The maximum absolute atomic E-state index is 11.6. The fourth-order valence-electron chi connectivity index (χ4n) is 1.47. The second-order valence-electron chi connectivity index (χ2n) is 3.96. The van der Waals surface area contributed by atoms with E-state index in [0.29, 0.717) is 22.3 Å². The molecule has 0 saturated heterocycles. The highest BCUT2D eigenvalue weighted by molar-refractivity contribution is 6.34. The molecule has 104 valence electrons. The van der Waals surface area contributed by atoms with Gasteiger partial charge in [0.25, 0.3) is 5.91 Å². The number of amides is 1. The molecule has 2 aromatic rings. The van der Waals surface area contributed by atoms with Crippen molar-refractivity contribution in [1.82, 2.24) is 10.3 Å². The molecule has 1 heterocycles. The lowest BCUT2D eigenvalue weighted by atomic mass is 10.3. The van der Waals surface area contributed by atoms with Crippen molar-refractivity contribution in [2.75, 3.05) is 6.61 Å². The van der Waals surface area contributed by atoms with Crippen LogP contribution in [0.4, 0.5) is 0 Å². The third-order valence-electron chi connectivity index (χ3n) is 2.44. The Hall–Kier alpha value is -1.78. The quantitative estimate of drug-likeness (QED) is 0.923. The number of benzene rings is 1. The molecule has 0 aliphatic rings. The predicted octanol–water partition coefficient (Wildman–Crippen LogP) is 3.08. The molecule has 1 aromatic carbocycles. The van der Waals surface area contributed by atoms with Crippen LogP contribution in [0.2, 0.25) is 10.0 Å². The molecule has 1 N–H and O–H groups in total. The number of nitrogens with one attached hydrogen (secondary N) is 1. The van der Waals surface area contributed by atoms with Crippen molar-refractivity contribution in [3.63, 3.8) is 0 Å². The van der Waals surface area contributed by atoms with Crippen molar-refractivity contribution in [1.29, 1.82) is 0 Å². The first kappa shape index (κ1) is 14.6. The van der Waals surface area contributed by atoms with Gasteiger partial charge in [0.1, 0.15) is 5.75 Å². The molecule has 6 heteroatoms. The number of carbonyl (C=O) groups is 1. The second-order valence-corrected chi connectivity index (χ2v) is 4.80. The van der Waals surface area contributed by atoms with Gasteiger partial charge in [0.15, 0.2) is 6.61 Å². The maximum atomic E-state index is 11.6. The lowest BCUT2D eigenvalue weighted by Crippen LogP contribution is -2.28. The van der Waals surface area contributed by atoms with Crippen LogP contribution in [0.3, 0.4) is 0 Å². The highest BCUT2D eigenvalue weighted by Crippen LogP contribution is 2.27. The number of carbonyl (C=O) groups excluding carboxylic acids is 1. The van der Waals surface area contributed by atoms with E-state index in [1.807, 2.05) is 18.2 Å². The summed E-state index contributed by atoms with van der Waals surface area (Å²) < 4.78 is 5.32. The van der Waals surface area contributed by atoms with Gasteiger partial charge in [-0.05, 0) is 24.3 Å². The predicted molar refractivity (Wildman–Crippen MR) is 78.0 cm³/mol. The number of aromatic nitrogens is 1. The number of nitrogens with zero attached hydrogens (tertiary/aromatic N) is 1. The van der Waals surface area contributed by atoms with E-state index in [0.717, 1.165) is 5.69 Å². The van der Waals surface area contributed by atoms with Gasteiger partial charge in [0, 0.05) is 17.3 Å². The van der Waals surface area contributed by atoms with Crippen molar-refractivity contribution in [3.8, 4) is 5.75 Å². The molecule has 0 radical (unpaired) electrons. The Bertz CT molecular complexity index is 591. The zero-order chi connectivity index (χ0) is 14.4. The topological polar surface area (TPSA) is 51.2 Å². The molecule has 0 spiro atoms. The third kappa shape index (κ3) is 4.40. The molecule has 0 fully saturated rings. The van der Waals surface area contributed by atoms with Gasteiger partial charge >= 0.3 is 0 Å². The Labute approximate surface area is 126 Å². The van der Waals surface area contributed by atoms with Crippen LogP contribution < -0.4 is 10.1 Å². The molecule has 0 saturated carbocycles. The Morgan fingerprint density at radius 2 is 2.10 bits per heavy atom. The molecule has 2 rings (SSSR count). The summed E-state index contributed by atoms with van der Waals surface area (Å²) in [7, 11) is 0. The molecule has 1 amide bonds. The molecule has 0 aliphatic heterocycles. The van der Waals surface area contributed by atoms with Crippen LogP contribution in [0.25, 0.3) is 0 Å². The minimum absolute atomic E-state index is 0.132. The molecule has 0 atom stereocenters. The number of ether oxygens (including phenoxy) is 1. The average Bonchev–Trinajstić information content (AvgIpc) is 2.47. The zero-order valence-corrected chi connectivity index (χ0v) is 12.0. The summed E-state index contributed by atoms with van der Waals surface area (Å²) in [5.41, 5.74) is 0.779. The third-order valence-corrected chi connectivity index (χ3v) is 2.99. The van der Waals surface area contributed by atoms with Crippen LogP contribution in [0.15, 0.2) is 42.6 Å². The van der Waals surface area contributed by atoms with Gasteiger partial charge in [-0.25, -0.2) is 0 Å². The number of halogens is 2. The smallest absolute Gasteiger partial charge is 0.258 e. The molecule has 20 heavy (non-hydrogen) atoms. The Morgan fingerprint density at radius 1 is 1.25 bits per heavy atom. The zero-order valence-electron chi connectivity index (χ0n) is 10.5. The standard InChI is InChI=1S/C14H12Cl2N2O2/c15-10-4-5-12(16)13(7-10)20-9-14(19)18-8-11-3-1-2-6-17-11/h1-7H,8-9H2,(H,18,19). The lowest BCUT2D eigenvalue weighted by Gasteiger charge is -2.08. The van der Waals surface area contributed by atoms with Crippen molar-refractivity contribution in [2.24, 2.45) is 0 Å². The first-order chi connectivity index (χ1) is 9.65. The lowest BCUT2D eigenvalue weighted by molar-refractivity contribution is -0.123. The number of hydrogen-bond acceptors (Lipinski definition) is 3. The summed E-state index contributed by atoms with van der Waals surface area (Å²) in [5, 5.41) is 3.61. The molecular weight excluding hydrogens is 299 g/mol. The summed E-state index contributed by atoms with van der Waals surface area (Å²) in [4.78, 5) is 15.7. The largest absolute Gasteiger partial charge is 0.482 e. The minimum atomic E-state index is -0.258. The maximum Gasteiger partial charge on any atom is 0.258 e. The molecule has 1 aromatic heterocycles. The van der Waals surface area contributed by atoms with Crippen molar-refractivity contribution in [3.05, 3.63) is 58.3 Å². The molecule has 0 aliphatic carbocycles. The van der Waals surface area contributed by atoms with Crippen molar-refractivity contribution >= 4 is 29.1 Å². The van der Waals surface area contributed by atoms with Crippen LogP contribution in [0.1, 0.15) is 5.69 Å². The van der Waals surface area contributed by atoms with E-state index in [-0.39, 0.29) is 12.5 Å². The highest BCUT2D eigenvalue weighted by atomic mass is 35.5. The summed E-state index contributed by atoms with van der Waals surface area (Å²) in [5.74, 6) is 0.124. The second kappa shape index (κ2) is 7.12. The minimum Gasteiger partial charge on any atom is -0.482 e. The van der Waals surface area contributed by atoms with E-state index in [1.165, 1.54) is 0 Å². The molecule has 0 unspecified atom stereocenters. The Kier molecular flexibility index (Phi) is 5.21. The van der Waals surface area contributed by atoms with E-state index < -0.39 is 0 Å². The summed E-state index contributed by atoms with van der Waals surface area (Å²) in [6, 6.07) is 10.3. The van der Waals surface area contributed by atoms with Crippen LogP contribution in [-0.4, -0.2) is 17.5 Å². The van der Waals surface area contributed by atoms with Crippen LogP contribution in [0.5, 0.6) is 5.75 Å². The summed E-state index contributed by atoms with van der Waals surface area (Å²) in [6.45, 7) is 0.221. The molecule has 4 nitrogen and oxygen atoms in total. The Morgan fingerprint density at radius 3 is 2.85 bits per heavy atom. The number of rotatable bonds is 5. The van der Waals surface area contributed by atoms with Gasteiger partial charge in [-0.1, -0.05) is 29.3 Å². The first-order valence-corrected chi connectivity index (χ1v) is 6.65. The fraction of sp³-hybridized carbons (Fsp3) is 0.143. The number of pyridine rings is 1. The van der Waals surface area contributed by atoms with Gasteiger partial charge < -0.3 is 10.1 Å². The van der Waals surface area contributed by atoms with E-state index in [1.54, 1.807) is 24.4 Å². The summed E-state index contributed by atoms with van der Waals surface area (Å²) in [6.07, 6.45) is 1.67. The van der Waals surface area contributed by atoms with Crippen molar-refractivity contribution in [2.45, 2.75) is 6.54 Å². The van der Waals surface area contributed by atoms with Crippen molar-refractivity contribution < 1.29 is 9.53 Å². The molecule has 0 bridgehead atoms. The monoisotopic (exact) mass is 310 g/mol. The van der Waals surface area contributed by atoms with Gasteiger partial charge in [-0.15, -0.1) is 0 Å². The van der Waals surface area contributed by atoms with Gasteiger partial charge in [0.05, 0.1) is 17.3 Å². The van der Waals surface area contributed by atoms with Gasteiger partial charge in [-0.2, -0.15) is 0 Å². The van der Waals surface area contributed by atoms with Gasteiger partial charge in [0.2, 0.25) is 0 Å². The van der Waals surface area contributed by atoms with E-state index in [9.17, 15) is 4.79 Å². The van der Waals surface area contributed by atoms with Crippen LogP contribution in [0, 0.1) is 0 Å².